The van der Waals surface area contributed by atoms with Crippen LogP contribution in [0.1, 0.15) is 12.5 Å². The lowest BCUT2D eigenvalue weighted by molar-refractivity contribution is -0.119. The summed E-state index contributed by atoms with van der Waals surface area (Å²) in [5, 5.41) is 4.82. The lowest BCUT2D eigenvalue weighted by Crippen LogP contribution is -2.39. The minimum atomic E-state index is -4.08. The second-order valence-corrected chi connectivity index (χ2v) is 10.3. The molecule has 0 heterocycles. The van der Waals surface area contributed by atoms with E-state index in [0.717, 1.165) is 14.3 Å². The van der Waals surface area contributed by atoms with E-state index < -0.39 is 22.5 Å². The largest absolute Gasteiger partial charge is 0.271 e. The third-order valence-electron chi connectivity index (χ3n) is 4.40. The van der Waals surface area contributed by atoms with Crippen molar-refractivity contribution in [3.63, 3.8) is 0 Å². The van der Waals surface area contributed by atoms with Crippen LogP contribution in [0.25, 0.3) is 0 Å². The van der Waals surface area contributed by atoms with Crippen molar-refractivity contribution < 1.29 is 13.2 Å². The third kappa shape index (κ3) is 6.10. The maximum absolute atomic E-state index is 13.3. The number of nitrogens with zero attached hydrogens (tertiary/aromatic N) is 2. The number of carbonyl (C=O) groups excluding carboxylic acids is 1. The molecule has 3 rings (SSSR count). The number of benzene rings is 3. The maximum Gasteiger partial charge on any atom is 0.264 e. The van der Waals surface area contributed by atoms with Gasteiger partial charge in [-0.1, -0.05) is 57.3 Å². The quantitative estimate of drug-likeness (QED) is 0.310. The molecule has 0 aliphatic rings. The van der Waals surface area contributed by atoms with Crippen LogP contribution in [0.5, 0.6) is 0 Å². The molecule has 0 atom stereocenters. The summed E-state index contributed by atoms with van der Waals surface area (Å²) < 4.78 is 28.5. The second-order valence-electron chi connectivity index (χ2n) is 6.68. The van der Waals surface area contributed by atoms with Crippen molar-refractivity contribution in [1.82, 2.24) is 5.43 Å². The summed E-state index contributed by atoms with van der Waals surface area (Å²) in [6.45, 7) is 1.24. The smallest absolute Gasteiger partial charge is 0.264 e. The molecule has 6 nitrogen and oxygen atoms in total. The highest BCUT2D eigenvalue weighted by atomic mass is 79.9. The van der Waals surface area contributed by atoms with E-state index >= 15 is 0 Å². The molecule has 0 saturated carbocycles. The van der Waals surface area contributed by atoms with Gasteiger partial charge in [0.05, 0.1) is 16.3 Å². The molecule has 166 valence electrons. The number of sulfonamides is 1. The molecule has 0 bridgehead atoms. The maximum atomic E-state index is 13.3. The number of hydrazone groups is 1. The van der Waals surface area contributed by atoms with Gasteiger partial charge in [0.1, 0.15) is 6.54 Å². The normalized spacial score (nSPS) is 11.8. The van der Waals surface area contributed by atoms with Crippen LogP contribution in [-0.2, 0) is 14.8 Å². The number of anilines is 1. The van der Waals surface area contributed by atoms with Crippen molar-refractivity contribution in [1.29, 1.82) is 0 Å². The summed E-state index contributed by atoms with van der Waals surface area (Å²) in [4.78, 5) is 12.6. The molecule has 1 N–H and O–H groups in total. The molecule has 0 aromatic heterocycles. The Morgan fingerprint density at radius 1 is 1.00 bits per heavy atom. The van der Waals surface area contributed by atoms with E-state index in [1.807, 2.05) is 24.3 Å². The molecule has 0 unspecified atom stereocenters. The fourth-order valence-electron chi connectivity index (χ4n) is 2.75. The molecule has 0 saturated heterocycles. The van der Waals surface area contributed by atoms with E-state index in [2.05, 4.69) is 26.5 Å². The van der Waals surface area contributed by atoms with Gasteiger partial charge in [0.25, 0.3) is 15.9 Å². The average Bonchev–Trinajstić information content (AvgIpc) is 2.76. The predicted molar refractivity (Wildman–Crippen MR) is 132 cm³/mol. The van der Waals surface area contributed by atoms with Crippen molar-refractivity contribution in [3.8, 4) is 0 Å². The predicted octanol–water partition coefficient (Wildman–Crippen LogP) is 5.49. The zero-order valence-electron chi connectivity index (χ0n) is 16.8. The summed E-state index contributed by atoms with van der Waals surface area (Å²) in [5.74, 6) is -0.612. The van der Waals surface area contributed by atoms with Crippen LogP contribution in [0, 0.1) is 0 Å². The molecular weight excluding hydrogens is 537 g/mol. The first kappa shape index (κ1) is 24.3. The zero-order valence-corrected chi connectivity index (χ0v) is 20.7. The van der Waals surface area contributed by atoms with Crippen LogP contribution in [0.4, 0.5) is 5.69 Å². The van der Waals surface area contributed by atoms with Crippen LogP contribution < -0.4 is 9.73 Å². The lowest BCUT2D eigenvalue weighted by atomic mass is 10.1. The molecule has 0 aliphatic carbocycles. The van der Waals surface area contributed by atoms with Crippen molar-refractivity contribution >= 4 is 66.5 Å². The van der Waals surface area contributed by atoms with Crippen molar-refractivity contribution in [2.45, 2.75) is 11.8 Å². The Bertz CT molecular complexity index is 1250. The number of halogens is 3. The zero-order chi connectivity index (χ0) is 23.3. The average molecular weight is 555 g/mol. The minimum absolute atomic E-state index is 0.00998. The van der Waals surface area contributed by atoms with E-state index in [1.165, 1.54) is 30.3 Å². The van der Waals surface area contributed by atoms with Gasteiger partial charge in [-0.15, -0.1) is 0 Å². The summed E-state index contributed by atoms with van der Waals surface area (Å²) in [5.41, 5.74) is 4.05. The molecule has 1 amide bonds. The highest BCUT2D eigenvalue weighted by Crippen LogP contribution is 2.26. The Balaban J connectivity index is 1.87. The Labute approximate surface area is 205 Å². The summed E-state index contributed by atoms with van der Waals surface area (Å²) >= 11 is 15.3. The van der Waals surface area contributed by atoms with Gasteiger partial charge >= 0.3 is 0 Å². The van der Waals surface area contributed by atoms with E-state index in [9.17, 15) is 13.2 Å². The highest BCUT2D eigenvalue weighted by molar-refractivity contribution is 9.10. The van der Waals surface area contributed by atoms with E-state index in [1.54, 1.807) is 25.1 Å². The number of rotatable bonds is 7. The Morgan fingerprint density at radius 2 is 1.66 bits per heavy atom. The first-order chi connectivity index (χ1) is 15.2. The molecule has 10 heteroatoms. The molecule has 0 radical (unpaired) electrons. The van der Waals surface area contributed by atoms with Gasteiger partial charge in [-0.05, 0) is 67.1 Å². The van der Waals surface area contributed by atoms with Crippen LogP contribution >= 0.6 is 39.1 Å². The van der Waals surface area contributed by atoms with Gasteiger partial charge < -0.3 is 0 Å². The third-order valence-corrected chi connectivity index (χ3v) is 7.20. The SMILES string of the molecule is C/C(=N/NC(=O)CN(c1cccc(Cl)c1)S(=O)(=O)c1ccc(Cl)cc1)c1ccc(Br)cc1. The van der Waals surface area contributed by atoms with Crippen LogP contribution in [0.2, 0.25) is 10.0 Å². The highest BCUT2D eigenvalue weighted by Gasteiger charge is 2.27. The molecule has 0 spiro atoms. The van der Waals surface area contributed by atoms with E-state index in [-0.39, 0.29) is 10.6 Å². The number of hydrogen-bond donors (Lipinski definition) is 1. The number of amides is 1. The van der Waals surface area contributed by atoms with E-state index in [4.69, 9.17) is 23.2 Å². The van der Waals surface area contributed by atoms with Crippen molar-refractivity contribution in [2.24, 2.45) is 5.10 Å². The van der Waals surface area contributed by atoms with Gasteiger partial charge in [0.15, 0.2) is 0 Å². The van der Waals surface area contributed by atoms with Gasteiger partial charge in [-0.2, -0.15) is 5.10 Å². The first-order valence-electron chi connectivity index (χ1n) is 9.30. The summed E-state index contributed by atoms with van der Waals surface area (Å²) in [6.07, 6.45) is 0. The molecule has 0 fully saturated rings. The monoisotopic (exact) mass is 553 g/mol. The topological polar surface area (TPSA) is 78.8 Å². The molecule has 3 aromatic rings. The van der Waals surface area contributed by atoms with Crippen LogP contribution in [0.3, 0.4) is 0 Å². The standard InChI is InChI=1S/C22H18BrCl2N3O3S/c1-15(16-5-7-17(23)8-6-16)26-27-22(29)14-28(20-4-2-3-19(25)13-20)32(30,31)21-11-9-18(24)10-12-21/h2-13H,14H2,1H3,(H,27,29)/b26-15-. The van der Waals surface area contributed by atoms with Gasteiger partial charge in [0, 0.05) is 14.5 Å². The Kier molecular flexibility index (Phi) is 7.95. The van der Waals surface area contributed by atoms with Crippen LogP contribution in [0.15, 0.2) is 87.3 Å². The number of carbonyl (C=O) groups is 1. The van der Waals surface area contributed by atoms with Gasteiger partial charge in [0.2, 0.25) is 0 Å². The second kappa shape index (κ2) is 10.5. The fraction of sp³-hybridized carbons (Fsp3) is 0.0909. The van der Waals surface area contributed by atoms with E-state index in [0.29, 0.717) is 15.8 Å². The molecular formula is C22H18BrCl2N3O3S. The Morgan fingerprint density at radius 3 is 2.28 bits per heavy atom. The minimum Gasteiger partial charge on any atom is -0.271 e. The number of hydrogen-bond acceptors (Lipinski definition) is 4. The number of nitrogens with one attached hydrogen (secondary N) is 1. The lowest BCUT2D eigenvalue weighted by Gasteiger charge is -2.24. The molecule has 32 heavy (non-hydrogen) atoms. The Hall–Kier alpha value is -2.39. The molecule has 0 aliphatic heterocycles. The summed E-state index contributed by atoms with van der Waals surface area (Å²) in [7, 11) is -4.08. The van der Waals surface area contributed by atoms with Gasteiger partial charge in [-0.3, -0.25) is 9.10 Å². The summed E-state index contributed by atoms with van der Waals surface area (Å²) in [6, 6.07) is 19.3. The van der Waals surface area contributed by atoms with Gasteiger partial charge in [-0.25, -0.2) is 13.8 Å². The fourth-order valence-corrected chi connectivity index (χ4v) is 4.74. The van der Waals surface area contributed by atoms with Crippen LogP contribution in [-0.4, -0.2) is 26.6 Å². The first-order valence-corrected chi connectivity index (χ1v) is 12.3. The van der Waals surface area contributed by atoms with Crippen molar-refractivity contribution in [2.75, 3.05) is 10.8 Å². The molecule has 3 aromatic carbocycles. The van der Waals surface area contributed by atoms with Crippen molar-refractivity contribution in [3.05, 3.63) is 92.9 Å².